The van der Waals surface area contributed by atoms with Gasteiger partial charge in [-0.15, -0.1) is 0 Å². The van der Waals surface area contributed by atoms with Crippen molar-refractivity contribution in [2.24, 2.45) is 0 Å². The van der Waals surface area contributed by atoms with Crippen LogP contribution in [0.1, 0.15) is 27.7 Å². The minimum Gasteiger partial charge on any atom is -0.399 e. The molecule has 1 saturated heterocycles. The lowest BCUT2D eigenvalue weighted by Crippen LogP contribution is -2.41. The fraction of sp³-hybridized carbons (Fsp3) is 0.316. The molecule has 2 aromatic heterocycles. The molecular formula is C19H20BN3O2. The molecule has 1 aliphatic heterocycles. The van der Waals surface area contributed by atoms with Crippen molar-refractivity contribution < 1.29 is 9.31 Å². The Balaban J connectivity index is 1.73. The van der Waals surface area contributed by atoms with Crippen LogP contribution in [0.4, 0.5) is 0 Å². The van der Waals surface area contributed by atoms with Crippen molar-refractivity contribution >= 4 is 23.5 Å². The third-order valence-corrected chi connectivity index (χ3v) is 5.04. The first kappa shape index (κ1) is 16.2. The van der Waals surface area contributed by atoms with Crippen LogP contribution in [0.15, 0.2) is 48.8 Å². The van der Waals surface area contributed by atoms with Crippen molar-refractivity contribution in [1.29, 1.82) is 0 Å². The van der Waals surface area contributed by atoms with E-state index in [0.717, 1.165) is 22.1 Å². The lowest BCUT2D eigenvalue weighted by Gasteiger charge is -2.32. The minimum absolute atomic E-state index is 0.361. The van der Waals surface area contributed by atoms with Crippen LogP contribution >= 0.6 is 0 Å². The van der Waals surface area contributed by atoms with Crippen molar-refractivity contribution in [1.82, 2.24) is 15.0 Å². The zero-order valence-corrected chi connectivity index (χ0v) is 14.9. The molecule has 3 aromatic rings. The normalized spacial score (nSPS) is 18.6. The molecule has 6 heteroatoms. The summed E-state index contributed by atoms with van der Waals surface area (Å²) in [5.41, 5.74) is 1.86. The van der Waals surface area contributed by atoms with E-state index in [1.807, 2.05) is 30.3 Å². The smallest absolute Gasteiger partial charge is 0.399 e. The van der Waals surface area contributed by atoms with Crippen molar-refractivity contribution in [3.8, 4) is 11.5 Å². The molecule has 0 aliphatic carbocycles. The van der Waals surface area contributed by atoms with E-state index >= 15 is 0 Å². The molecule has 0 amide bonds. The van der Waals surface area contributed by atoms with E-state index < -0.39 is 7.12 Å². The summed E-state index contributed by atoms with van der Waals surface area (Å²) in [6, 6.07) is 11.8. The fourth-order valence-corrected chi connectivity index (χ4v) is 2.82. The van der Waals surface area contributed by atoms with E-state index in [9.17, 15) is 0 Å². The van der Waals surface area contributed by atoms with Gasteiger partial charge in [0.1, 0.15) is 5.69 Å². The molecule has 0 unspecified atom stereocenters. The number of hydrogen-bond acceptors (Lipinski definition) is 5. The number of rotatable bonds is 2. The minimum atomic E-state index is -0.396. The highest BCUT2D eigenvalue weighted by Crippen LogP contribution is 2.36. The largest absolute Gasteiger partial charge is 0.494 e. The fourth-order valence-electron chi connectivity index (χ4n) is 2.82. The molecule has 126 valence electrons. The van der Waals surface area contributed by atoms with Gasteiger partial charge in [-0.2, -0.15) is 0 Å². The molecule has 4 rings (SSSR count). The summed E-state index contributed by atoms with van der Waals surface area (Å²) in [7, 11) is -0.396. The Kier molecular flexibility index (Phi) is 3.63. The Morgan fingerprint density at radius 3 is 2.20 bits per heavy atom. The number of pyridine rings is 1. The van der Waals surface area contributed by atoms with Crippen LogP contribution in [-0.4, -0.2) is 33.3 Å². The zero-order valence-electron chi connectivity index (χ0n) is 14.9. The van der Waals surface area contributed by atoms with E-state index in [2.05, 4.69) is 37.7 Å². The first-order valence-electron chi connectivity index (χ1n) is 8.39. The average Bonchev–Trinajstić information content (AvgIpc) is 2.82. The van der Waals surface area contributed by atoms with E-state index in [1.165, 1.54) is 0 Å². The molecule has 5 nitrogen and oxygen atoms in total. The molecule has 3 heterocycles. The first-order valence-corrected chi connectivity index (χ1v) is 8.39. The molecule has 25 heavy (non-hydrogen) atoms. The van der Waals surface area contributed by atoms with Gasteiger partial charge in [-0.25, -0.2) is 15.0 Å². The molecule has 0 atom stereocenters. The maximum Gasteiger partial charge on any atom is 0.494 e. The lowest BCUT2D eigenvalue weighted by atomic mass is 9.79. The number of benzene rings is 1. The highest BCUT2D eigenvalue weighted by atomic mass is 16.7. The Morgan fingerprint density at radius 1 is 0.880 bits per heavy atom. The van der Waals surface area contributed by atoms with Crippen LogP contribution in [0, 0.1) is 0 Å². The van der Waals surface area contributed by atoms with Crippen LogP contribution in [0.25, 0.3) is 22.4 Å². The lowest BCUT2D eigenvalue weighted by molar-refractivity contribution is 0.00578. The standard InChI is InChI=1S/C19H20BN3O2/c1-18(2)19(3,4)25-20(24-18)14-8-6-13-7-9-15(23-16(13)12-14)17-21-10-5-11-22-17/h5-12H,1-4H3. The van der Waals surface area contributed by atoms with E-state index in [0.29, 0.717) is 5.82 Å². The van der Waals surface area contributed by atoms with Gasteiger partial charge >= 0.3 is 7.12 Å². The van der Waals surface area contributed by atoms with E-state index in [-0.39, 0.29) is 11.2 Å². The molecule has 0 spiro atoms. The topological polar surface area (TPSA) is 57.1 Å². The van der Waals surface area contributed by atoms with Gasteiger partial charge in [-0.05, 0) is 51.4 Å². The second kappa shape index (κ2) is 5.61. The van der Waals surface area contributed by atoms with Gasteiger partial charge in [0.05, 0.1) is 16.7 Å². The quantitative estimate of drug-likeness (QED) is 0.675. The maximum atomic E-state index is 6.14. The summed E-state index contributed by atoms with van der Waals surface area (Å²) in [6.07, 6.45) is 3.43. The molecular weight excluding hydrogens is 313 g/mol. The van der Waals surface area contributed by atoms with Crippen LogP contribution in [0.2, 0.25) is 0 Å². The first-order chi connectivity index (χ1) is 11.9. The molecule has 1 aliphatic rings. The molecule has 0 saturated carbocycles. The third-order valence-electron chi connectivity index (χ3n) is 5.04. The maximum absolute atomic E-state index is 6.14. The molecule has 0 radical (unpaired) electrons. The second-order valence-electron chi connectivity index (χ2n) is 7.31. The van der Waals surface area contributed by atoms with E-state index in [1.54, 1.807) is 18.5 Å². The van der Waals surface area contributed by atoms with Crippen molar-refractivity contribution in [3.05, 3.63) is 48.8 Å². The highest BCUT2D eigenvalue weighted by Gasteiger charge is 2.51. The number of fused-ring (bicyclic) bond motifs is 1. The summed E-state index contributed by atoms with van der Waals surface area (Å²) in [5.74, 6) is 0.616. The molecule has 0 N–H and O–H groups in total. The summed E-state index contributed by atoms with van der Waals surface area (Å²) in [5, 5.41) is 1.06. The Morgan fingerprint density at radius 2 is 1.52 bits per heavy atom. The summed E-state index contributed by atoms with van der Waals surface area (Å²) in [4.78, 5) is 13.3. The number of hydrogen-bond donors (Lipinski definition) is 0. The van der Waals surface area contributed by atoms with Crippen LogP contribution < -0.4 is 5.46 Å². The van der Waals surface area contributed by atoms with Crippen molar-refractivity contribution in [3.63, 3.8) is 0 Å². The Labute approximate surface area is 147 Å². The third kappa shape index (κ3) is 2.81. The summed E-state index contributed by atoms with van der Waals surface area (Å²) in [6.45, 7) is 8.21. The van der Waals surface area contributed by atoms with Gasteiger partial charge in [0, 0.05) is 17.8 Å². The summed E-state index contributed by atoms with van der Waals surface area (Å²) >= 11 is 0. The number of aromatic nitrogens is 3. The predicted molar refractivity (Wildman–Crippen MR) is 98.5 cm³/mol. The van der Waals surface area contributed by atoms with Crippen LogP contribution in [0.5, 0.6) is 0 Å². The monoisotopic (exact) mass is 333 g/mol. The Hall–Kier alpha value is -2.31. The Bertz CT molecular complexity index is 912. The van der Waals surface area contributed by atoms with Gasteiger partial charge in [-0.1, -0.05) is 18.2 Å². The van der Waals surface area contributed by atoms with Crippen LogP contribution in [0.3, 0.4) is 0 Å². The zero-order chi connectivity index (χ0) is 17.7. The molecule has 1 aromatic carbocycles. The molecule has 0 bridgehead atoms. The van der Waals surface area contributed by atoms with Gasteiger partial charge in [0.2, 0.25) is 0 Å². The van der Waals surface area contributed by atoms with Crippen molar-refractivity contribution in [2.45, 2.75) is 38.9 Å². The van der Waals surface area contributed by atoms with Gasteiger partial charge in [0.15, 0.2) is 5.82 Å². The second-order valence-corrected chi connectivity index (χ2v) is 7.31. The summed E-state index contributed by atoms with van der Waals surface area (Å²) < 4.78 is 12.3. The van der Waals surface area contributed by atoms with Gasteiger partial charge < -0.3 is 9.31 Å². The number of nitrogens with zero attached hydrogens (tertiary/aromatic N) is 3. The SMILES string of the molecule is CC1(C)OB(c2ccc3ccc(-c4ncccn4)nc3c2)OC1(C)C. The van der Waals surface area contributed by atoms with Crippen LogP contribution in [-0.2, 0) is 9.31 Å². The van der Waals surface area contributed by atoms with Gasteiger partial charge in [-0.3, -0.25) is 0 Å². The van der Waals surface area contributed by atoms with Crippen molar-refractivity contribution in [2.75, 3.05) is 0 Å². The average molecular weight is 333 g/mol. The predicted octanol–water partition coefficient (Wildman–Crippen LogP) is 2.99. The van der Waals surface area contributed by atoms with E-state index in [4.69, 9.17) is 14.3 Å². The molecule has 1 fully saturated rings. The highest BCUT2D eigenvalue weighted by molar-refractivity contribution is 6.62. The van der Waals surface area contributed by atoms with Gasteiger partial charge in [0.25, 0.3) is 0 Å².